The lowest BCUT2D eigenvalue weighted by molar-refractivity contribution is -0.0899. The van der Waals surface area contributed by atoms with Crippen LogP contribution in [0.5, 0.6) is 5.75 Å². The maximum absolute atomic E-state index is 12.5. The molecule has 2 atom stereocenters. The number of benzene rings is 1. The van der Waals surface area contributed by atoms with Gasteiger partial charge in [-0.2, -0.15) is 0 Å². The molecule has 23 heavy (non-hydrogen) atoms. The number of para-hydroxylation sites is 1. The number of fused-ring (bicyclic) bond motifs is 3. The molecule has 5 heteroatoms. The second-order valence-electron chi connectivity index (χ2n) is 5.43. The van der Waals surface area contributed by atoms with E-state index in [4.69, 9.17) is 18.3 Å². The largest absolute Gasteiger partial charge is 0.469 e. The highest BCUT2D eigenvalue weighted by atomic mass is 16.7. The molecule has 2 aromatic heterocycles. The Morgan fingerprint density at radius 3 is 2.87 bits per heavy atom. The first-order chi connectivity index (χ1) is 11.3. The zero-order valence-corrected chi connectivity index (χ0v) is 12.7. The molecule has 0 saturated carbocycles. The first-order valence-electron chi connectivity index (χ1n) is 7.65. The summed E-state index contributed by atoms with van der Waals surface area (Å²) in [5.74, 6) is 0.996. The average molecular weight is 312 g/mol. The number of furan rings is 1. The molecule has 0 amide bonds. The second kappa shape index (κ2) is 5.59. The van der Waals surface area contributed by atoms with E-state index in [1.54, 1.807) is 12.3 Å². The molecule has 0 N–H and O–H groups in total. The highest BCUT2D eigenvalue weighted by Crippen LogP contribution is 2.42. The quantitative estimate of drug-likeness (QED) is 0.691. The third-order valence-electron chi connectivity index (χ3n) is 4.06. The maximum atomic E-state index is 12.5. The molecule has 0 unspecified atom stereocenters. The fourth-order valence-corrected chi connectivity index (χ4v) is 3.09. The van der Waals surface area contributed by atoms with Crippen molar-refractivity contribution >= 4 is 11.0 Å². The van der Waals surface area contributed by atoms with E-state index in [-0.39, 0.29) is 5.92 Å². The number of hydrogen-bond acceptors (Lipinski definition) is 5. The smallest absolute Gasteiger partial charge is 0.343 e. The summed E-state index contributed by atoms with van der Waals surface area (Å²) in [5.41, 5.74) is 0.608. The summed E-state index contributed by atoms with van der Waals surface area (Å²) in [6.07, 6.45) is 1.69. The van der Waals surface area contributed by atoms with Crippen molar-refractivity contribution in [3.05, 3.63) is 64.4 Å². The van der Waals surface area contributed by atoms with Crippen LogP contribution in [0.25, 0.3) is 11.0 Å². The van der Waals surface area contributed by atoms with Crippen molar-refractivity contribution in [1.29, 1.82) is 0 Å². The predicted molar refractivity (Wildman–Crippen MR) is 83.7 cm³/mol. The van der Waals surface area contributed by atoms with Gasteiger partial charge in [0, 0.05) is 13.0 Å². The molecule has 3 aromatic rings. The highest BCUT2D eigenvalue weighted by molar-refractivity contribution is 5.85. The molecule has 3 heterocycles. The zero-order chi connectivity index (χ0) is 15.8. The summed E-state index contributed by atoms with van der Waals surface area (Å²) in [6, 6.07) is 11.0. The summed E-state index contributed by atoms with van der Waals surface area (Å²) in [4.78, 5) is 12.5. The lowest BCUT2D eigenvalue weighted by Crippen LogP contribution is -2.32. The summed E-state index contributed by atoms with van der Waals surface area (Å²) in [6.45, 7) is 2.45. The normalized spacial score (nSPS) is 20.2. The molecule has 1 aromatic carbocycles. The fourth-order valence-electron chi connectivity index (χ4n) is 3.09. The van der Waals surface area contributed by atoms with Crippen molar-refractivity contribution in [1.82, 2.24) is 0 Å². The Morgan fingerprint density at radius 2 is 2.09 bits per heavy atom. The van der Waals surface area contributed by atoms with Crippen molar-refractivity contribution in [2.24, 2.45) is 0 Å². The van der Waals surface area contributed by atoms with Gasteiger partial charge in [-0.25, -0.2) is 4.79 Å². The molecule has 1 aliphatic rings. The molecule has 1 aliphatic heterocycles. The van der Waals surface area contributed by atoms with Gasteiger partial charge in [-0.1, -0.05) is 12.1 Å². The monoisotopic (exact) mass is 312 g/mol. The van der Waals surface area contributed by atoms with Gasteiger partial charge in [-0.3, -0.25) is 0 Å². The van der Waals surface area contributed by atoms with Gasteiger partial charge < -0.3 is 18.3 Å². The minimum Gasteiger partial charge on any atom is -0.469 e. The molecule has 0 radical (unpaired) electrons. The lowest BCUT2D eigenvalue weighted by atomic mass is 9.90. The van der Waals surface area contributed by atoms with Crippen LogP contribution < -0.4 is 10.4 Å². The van der Waals surface area contributed by atoms with Crippen molar-refractivity contribution < 1.29 is 18.3 Å². The molecular formula is C18H16O5. The van der Waals surface area contributed by atoms with Gasteiger partial charge in [0.2, 0.25) is 6.29 Å². The molecule has 0 aliphatic carbocycles. The minimum absolute atomic E-state index is 0.244. The summed E-state index contributed by atoms with van der Waals surface area (Å²) >= 11 is 0. The fraction of sp³-hybridized carbons (Fsp3) is 0.278. The molecule has 5 nitrogen and oxygen atoms in total. The predicted octanol–water partition coefficient (Wildman–Crippen LogP) is 3.66. The first kappa shape index (κ1) is 14.1. The van der Waals surface area contributed by atoms with Crippen LogP contribution in [0.2, 0.25) is 0 Å². The van der Waals surface area contributed by atoms with E-state index in [0.717, 1.165) is 5.39 Å². The van der Waals surface area contributed by atoms with Crippen molar-refractivity contribution in [2.45, 2.75) is 25.6 Å². The van der Waals surface area contributed by atoms with E-state index in [9.17, 15) is 4.79 Å². The molecule has 0 saturated heterocycles. The average Bonchev–Trinajstić information content (AvgIpc) is 3.09. The van der Waals surface area contributed by atoms with E-state index >= 15 is 0 Å². The van der Waals surface area contributed by atoms with Crippen molar-refractivity contribution in [2.75, 3.05) is 6.61 Å². The molecule has 4 rings (SSSR count). The van der Waals surface area contributed by atoms with E-state index in [2.05, 4.69) is 0 Å². The number of ether oxygens (including phenoxy) is 2. The van der Waals surface area contributed by atoms with Crippen LogP contribution in [0.3, 0.4) is 0 Å². The summed E-state index contributed by atoms with van der Waals surface area (Å²) in [7, 11) is 0. The molecule has 0 fully saturated rings. The molecule has 0 bridgehead atoms. The molecule has 0 spiro atoms. The SMILES string of the molecule is CCO[C@@H]1C[C@@H](c2ccco2)c2c(c3ccccc3oc2=O)O1. The van der Waals surface area contributed by atoms with Crippen LogP contribution in [0.1, 0.15) is 30.6 Å². The number of hydrogen-bond donors (Lipinski definition) is 0. The Bertz CT molecular complexity index is 878. The first-order valence-corrected chi connectivity index (χ1v) is 7.65. The van der Waals surface area contributed by atoms with Crippen LogP contribution in [-0.2, 0) is 4.74 Å². The van der Waals surface area contributed by atoms with Crippen LogP contribution in [0.15, 0.2) is 56.3 Å². The third kappa shape index (κ3) is 2.33. The Balaban J connectivity index is 1.96. The molecular weight excluding hydrogens is 296 g/mol. The number of rotatable bonds is 3. The van der Waals surface area contributed by atoms with Gasteiger partial charge in [0.1, 0.15) is 17.1 Å². The van der Waals surface area contributed by atoms with Gasteiger partial charge in [0.05, 0.1) is 23.1 Å². The van der Waals surface area contributed by atoms with Crippen LogP contribution in [0, 0.1) is 0 Å². The third-order valence-corrected chi connectivity index (χ3v) is 4.06. The standard InChI is InChI=1S/C18H16O5/c1-2-20-15-10-12(13-8-5-9-21-13)16-17(23-15)11-6-3-4-7-14(11)22-18(16)19/h3-9,12,15H,2,10H2,1H3/t12-,15-/m0/s1. The Hall–Kier alpha value is -2.53. The van der Waals surface area contributed by atoms with Gasteiger partial charge in [0.15, 0.2) is 0 Å². The van der Waals surface area contributed by atoms with Gasteiger partial charge in [0.25, 0.3) is 0 Å². The summed E-state index contributed by atoms with van der Waals surface area (Å²) < 4.78 is 22.6. The van der Waals surface area contributed by atoms with Crippen molar-refractivity contribution in [3.63, 3.8) is 0 Å². The Morgan fingerprint density at radius 1 is 1.22 bits per heavy atom. The van der Waals surface area contributed by atoms with Crippen LogP contribution in [0.4, 0.5) is 0 Å². The van der Waals surface area contributed by atoms with Crippen LogP contribution in [-0.4, -0.2) is 12.9 Å². The zero-order valence-electron chi connectivity index (χ0n) is 12.7. The Labute approximate surface area is 132 Å². The lowest BCUT2D eigenvalue weighted by Gasteiger charge is -2.30. The Kier molecular flexibility index (Phi) is 3.42. The van der Waals surface area contributed by atoms with Gasteiger partial charge in [-0.15, -0.1) is 0 Å². The van der Waals surface area contributed by atoms with Gasteiger partial charge in [-0.05, 0) is 31.2 Å². The highest BCUT2D eigenvalue weighted by Gasteiger charge is 2.36. The second-order valence-corrected chi connectivity index (χ2v) is 5.43. The van der Waals surface area contributed by atoms with E-state index in [0.29, 0.717) is 35.7 Å². The van der Waals surface area contributed by atoms with Gasteiger partial charge >= 0.3 is 5.63 Å². The molecule has 118 valence electrons. The maximum Gasteiger partial charge on any atom is 0.343 e. The van der Waals surface area contributed by atoms with E-state index in [1.807, 2.05) is 37.3 Å². The van der Waals surface area contributed by atoms with Crippen molar-refractivity contribution in [3.8, 4) is 5.75 Å². The summed E-state index contributed by atoms with van der Waals surface area (Å²) in [5, 5.41) is 0.767. The minimum atomic E-state index is -0.423. The van der Waals surface area contributed by atoms with E-state index in [1.165, 1.54) is 0 Å². The topological polar surface area (TPSA) is 61.8 Å². The van der Waals surface area contributed by atoms with E-state index < -0.39 is 11.9 Å². The van der Waals surface area contributed by atoms with Crippen LogP contribution >= 0.6 is 0 Å².